The molecular weight excluding hydrogens is 316 g/mol. The van der Waals surface area contributed by atoms with Crippen molar-refractivity contribution in [3.63, 3.8) is 0 Å². The van der Waals surface area contributed by atoms with Crippen molar-refractivity contribution in [3.8, 4) is 5.75 Å². The van der Waals surface area contributed by atoms with Gasteiger partial charge in [0.05, 0.1) is 18.6 Å². The fourth-order valence-corrected chi connectivity index (χ4v) is 2.76. The first-order valence-corrected chi connectivity index (χ1v) is 8.34. The molecule has 128 valence electrons. The third kappa shape index (κ3) is 3.71. The molecule has 0 spiro atoms. The maximum Gasteiger partial charge on any atom is 0.229 e. The number of hydrogen-bond donors (Lipinski definition) is 3. The second kappa shape index (κ2) is 6.43. The highest BCUT2D eigenvalue weighted by Gasteiger charge is 2.25. The molecule has 1 aromatic carbocycles. The minimum absolute atomic E-state index is 0.198. The lowest BCUT2D eigenvalue weighted by atomic mass is 10.3. The van der Waals surface area contributed by atoms with E-state index >= 15 is 0 Å². The van der Waals surface area contributed by atoms with Crippen LogP contribution >= 0.6 is 0 Å². The van der Waals surface area contributed by atoms with E-state index in [1.807, 2.05) is 31.6 Å². The summed E-state index contributed by atoms with van der Waals surface area (Å²) in [5, 5.41) is 16.0. The predicted octanol–water partition coefficient (Wildman–Crippen LogP) is 3.38. The van der Waals surface area contributed by atoms with Crippen molar-refractivity contribution in [1.29, 1.82) is 0 Å². The molecule has 7 nitrogen and oxygen atoms in total. The summed E-state index contributed by atoms with van der Waals surface area (Å²) in [6, 6.07) is 9.39. The normalized spacial score (nSPS) is 13.6. The van der Waals surface area contributed by atoms with Crippen molar-refractivity contribution in [3.05, 3.63) is 54.2 Å². The van der Waals surface area contributed by atoms with Gasteiger partial charge in [-0.2, -0.15) is 4.98 Å². The van der Waals surface area contributed by atoms with E-state index in [2.05, 4.69) is 30.2 Å². The van der Waals surface area contributed by atoms with Crippen molar-refractivity contribution in [1.82, 2.24) is 19.5 Å². The van der Waals surface area contributed by atoms with Crippen LogP contribution in [-0.2, 0) is 6.54 Å². The third-order valence-electron chi connectivity index (χ3n) is 4.09. The number of imidazole rings is 1. The molecule has 1 aliphatic rings. The summed E-state index contributed by atoms with van der Waals surface area (Å²) in [4.78, 5) is 13.2. The van der Waals surface area contributed by atoms with E-state index in [-0.39, 0.29) is 5.75 Å². The molecule has 0 unspecified atom stereocenters. The van der Waals surface area contributed by atoms with Gasteiger partial charge in [-0.1, -0.05) is 6.07 Å². The number of nitrogens with one attached hydrogen (secondary N) is 2. The molecule has 3 aromatic rings. The first-order valence-electron chi connectivity index (χ1n) is 8.34. The van der Waals surface area contributed by atoms with Gasteiger partial charge in [-0.25, -0.2) is 9.97 Å². The Morgan fingerprint density at radius 2 is 2.12 bits per heavy atom. The molecular formula is C18H20N6O. The van der Waals surface area contributed by atoms with Gasteiger partial charge in [0, 0.05) is 35.8 Å². The SMILES string of the molecule is Cc1cc(NCc2cncn2C2CC2)nc(Nc2cccc(O)c2)n1. The number of benzene rings is 1. The highest BCUT2D eigenvalue weighted by molar-refractivity contribution is 5.57. The highest BCUT2D eigenvalue weighted by Crippen LogP contribution is 2.35. The molecule has 25 heavy (non-hydrogen) atoms. The molecule has 1 fully saturated rings. The van der Waals surface area contributed by atoms with E-state index in [9.17, 15) is 5.11 Å². The van der Waals surface area contributed by atoms with Gasteiger partial charge in [0.25, 0.3) is 0 Å². The Balaban J connectivity index is 1.48. The van der Waals surface area contributed by atoms with Crippen LogP contribution in [0.1, 0.15) is 30.3 Å². The highest BCUT2D eigenvalue weighted by atomic mass is 16.3. The first kappa shape index (κ1) is 15.4. The van der Waals surface area contributed by atoms with Gasteiger partial charge >= 0.3 is 0 Å². The van der Waals surface area contributed by atoms with Crippen LogP contribution in [0.3, 0.4) is 0 Å². The Kier molecular flexibility index (Phi) is 3.97. The van der Waals surface area contributed by atoms with Gasteiger partial charge in [-0.3, -0.25) is 0 Å². The van der Waals surface area contributed by atoms with Gasteiger partial charge in [-0.15, -0.1) is 0 Å². The molecule has 0 aliphatic heterocycles. The Hall–Kier alpha value is -3.09. The molecule has 0 bridgehead atoms. The summed E-state index contributed by atoms with van der Waals surface area (Å²) in [5.41, 5.74) is 2.75. The number of rotatable bonds is 6. The number of aromatic nitrogens is 4. The zero-order valence-corrected chi connectivity index (χ0v) is 14.0. The lowest BCUT2D eigenvalue weighted by Crippen LogP contribution is -2.08. The van der Waals surface area contributed by atoms with Crippen molar-refractivity contribution < 1.29 is 5.11 Å². The molecule has 1 aliphatic carbocycles. The maximum absolute atomic E-state index is 9.56. The molecule has 2 aromatic heterocycles. The molecule has 4 rings (SSSR count). The zero-order chi connectivity index (χ0) is 17.2. The van der Waals surface area contributed by atoms with Crippen LogP contribution in [0, 0.1) is 6.92 Å². The first-order chi connectivity index (χ1) is 12.2. The number of aromatic hydroxyl groups is 1. The number of nitrogens with zero attached hydrogens (tertiary/aromatic N) is 4. The van der Waals surface area contributed by atoms with Crippen LogP contribution < -0.4 is 10.6 Å². The van der Waals surface area contributed by atoms with Crippen molar-refractivity contribution in [2.45, 2.75) is 32.4 Å². The fourth-order valence-electron chi connectivity index (χ4n) is 2.76. The van der Waals surface area contributed by atoms with E-state index in [1.165, 1.54) is 12.8 Å². The summed E-state index contributed by atoms with van der Waals surface area (Å²) in [6.07, 6.45) is 6.25. The summed E-state index contributed by atoms with van der Waals surface area (Å²) >= 11 is 0. The van der Waals surface area contributed by atoms with E-state index in [0.29, 0.717) is 18.5 Å². The van der Waals surface area contributed by atoms with E-state index in [4.69, 9.17) is 0 Å². The minimum Gasteiger partial charge on any atom is -0.508 e. The van der Waals surface area contributed by atoms with Gasteiger partial charge < -0.3 is 20.3 Å². The molecule has 3 N–H and O–H groups in total. The monoisotopic (exact) mass is 336 g/mol. The zero-order valence-electron chi connectivity index (χ0n) is 14.0. The molecule has 7 heteroatoms. The van der Waals surface area contributed by atoms with Gasteiger partial charge in [0.2, 0.25) is 5.95 Å². The van der Waals surface area contributed by atoms with Crippen LogP contribution in [0.5, 0.6) is 5.75 Å². The van der Waals surface area contributed by atoms with E-state index in [1.54, 1.807) is 18.2 Å². The second-order valence-electron chi connectivity index (χ2n) is 6.27. The molecule has 0 saturated heterocycles. The predicted molar refractivity (Wildman–Crippen MR) is 96.0 cm³/mol. The number of hydrogen-bond acceptors (Lipinski definition) is 6. The molecule has 2 heterocycles. The third-order valence-corrected chi connectivity index (χ3v) is 4.09. The average Bonchev–Trinajstić information content (AvgIpc) is 3.31. The number of aryl methyl sites for hydroxylation is 1. The summed E-state index contributed by atoms with van der Waals surface area (Å²) in [6.45, 7) is 2.59. The lowest BCUT2D eigenvalue weighted by Gasteiger charge is -2.11. The topological polar surface area (TPSA) is 87.9 Å². The van der Waals surface area contributed by atoms with E-state index in [0.717, 1.165) is 22.9 Å². The van der Waals surface area contributed by atoms with Crippen molar-refractivity contribution in [2.24, 2.45) is 0 Å². The minimum atomic E-state index is 0.198. The fraction of sp³-hybridized carbons (Fsp3) is 0.278. The molecule has 0 atom stereocenters. The Bertz CT molecular complexity index is 887. The average molecular weight is 336 g/mol. The number of phenolic OH excluding ortho intramolecular Hbond substituents is 1. The van der Waals surface area contributed by atoms with Crippen LogP contribution in [0.4, 0.5) is 17.5 Å². The van der Waals surface area contributed by atoms with Crippen LogP contribution in [0.25, 0.3) is 0 Å². The summed E-state index contributed by atoms with van der Waals surface area (Å²) in [5.74, 6) is 1.44. The number of anilines is 3. The van der Waals surface area contributed by atoms with Crippen molar-refractivity contribution >= 4 is 17.5 Å². The second-order valence-corrected chi connectivity index (χ2v) is 6.27. The Morgan fingerprint density at radius 1 is 1.24 bits per heavy atom. The quantitative estimate of drug-likeness (QED) is 0.639. The Morgan fingerprint density at radius 3 is 2.92 bits per heavy atom. The maximum atomic E-state index is 9.56. The summed E-state index contributed by atoms with van der Waals surface area (Å²) < 4.78 is 2.23. The number of phenols is 1. The van der Waals surface area contributed by atoms with E-state index < -0.39 is 0 Å². The lowest BCUT2D eigenvalue weighted by molar-refractivity contribution is 0.475. The molecule has 0 amide bonds. The van der Waals surface area contributed by atoms with Crippen LogP contribution in [-0.4, -0.2) is 24.6 Å². The standard InChI is InChI=1S/C18H20N6O/c1-12-7-17(20-10-15-9-19-11-24(15)14-5-6-14)23-18(21-12)22-13-3-2-4-16(25)8-13/h2-4,7-9,11,14,25H,5-6,10H2,1H3,(H2,20,21,22,23). The van der Waals surface area contributed by atoms with Gasteiger partial charge in [0.1, 0.15) is 11.6 Å². The van der Waals surface area contributed by atoms with Crippen LogP contribution in [0.15, 0.2) is 42.9 Å². The summed E-state index contributed by atoms with van der Waals surface area (Å²) in [7, 11) is 0. The smallest absolute Gasteiger partial charge is 0.229 e. The Labute approximate surface area is 145 Å². The largest absolute Gasteiger partial charge is 0.508 e. The molecule has 1 saturated carbocycles. The van der Waals surface area contributed by atoms with Crippen LogP contribution in [0.2, 0.25) is 0 Å². The van der Waals surface area contributed by atoms with Gasteiger partial charge in [0.15, 0.2) is 0 Å². The van der Waals surface area contributed by atoms with Crippen molar-refractivity contribution in [2.75, 3.05) is 10.6 Å². The molecule has 0 radical (unpaired) electrons. The van der Waals surface area contributed by atoms with Gasteiger partial charge in [-0.05, 0) is 31.9 Å².